The van der Waals surface area contributed by atoms with Crippen LogP contribution in [0.5, 0.6) is 0 Å². The molecule has 1 fully saturated rings. The maximum atomic E-state index is 12.5. The molecule has 1 aromatic heterocycles. The second kappa shape index (κ2) is 6.52. The fraction of sp³-hybridized carbons (Fsp3) is 0.733. The number of nitrogens with zero attached hydrogens (tertiary/aromatic N) is 1. The Labute approximate surface area is 137 Å². The smallest absolute Gasteiger partial charge is 0.279 e. The molecule has 0 amide bonds. The zero-order valence-electron chi connectivity index (χ0n) is 14.3. The summed E-state index contributed by atoms with van der Waals surface area (Å²) in [6.45, 7) is 9.24. The number of ether oxygens (including phenoxy) is 1. The van der Waals surface area contributed by atoms with Crippen molar-refractivity contribution < 1.29 is 22.7 Å². The van der Waals surface area contributed by atoms with Gasteiger partial charge in [0.15, 0.2) is 0 Å². The first kappa shape index (κ1) is 18.4. The molecule has 1 aromatic rings. The maximum Gasteiger partial charge on any atom is 0.279 e. The highest BCUT2D eigenvalue weighted by Gasteiger charge is 2.34. The van der Waals surface area contributed by atoms with Crippen LogP contribution in [0.2, 0.25) is 0 Å². The van der Waals surface area contributed by atoms with Gasteiger partial charge in [-0.15, -0.1) is 0 Å². The summed E-state index contributed by atoms with van der Waals surface area (Å²) in [5, 5.41) is 10.6. The van der Waals surface area contributed by atoms with Crippen LogP contribution < -0.4 is 4.72 Å². The van der Waals surface area contributed by atoms with Crippen LogP contribution in [0.1, 0.15) is 37.9 Å². The summed E-state index contributed by atoms with van der Waals surface area (Å²) in [5.74, 6) is 1.26. The predicted molar refractivity (Wildman–Crippen MR) is 86.3 cm³/mol. The second-order valence-electron chi connectivity index (χ2n) is 6.50. The van der Waals surface area contributed by atoms with E-state index in [1.807, 2.05) is 13.8 Å². The Hall–Kier alpha value is -0.930. The second-order valence-corrected chi connectivity index (χ2v) is 8.26. The first-order chi connectivity index (χ1) is 10.5. The lowest BCUT2D eigenvalue weighted by Gasteiger charge is -2.35. The Balaban J connectivity index is 2.07. The van der Waals surface area contributed by atoms with Gasteiger partial charge in [-0.2, -0.15) is 17.4 Å². The van der Waals surface area contributed by atoms with Crippen molar-refractivity contribution in [2.24, 2.45) is 0 Å². The number of morpholine rings is 1. The molecule has 1 saturated heterocycles. The van der Waals surface area contributed by atoms with Gasteiger partial charge in [-0.1, -0.05) is 0 Å². The quantitative estimate of drug-likeness (QED) is 0.831. The minimum Gasteiger partial charge on any atom is -0.466 e. The molecule has 0 aromatic carbocycles. The lowest BCUT2D eigenvalue weighted by molar-refractivity contribution is -0.0445. The van der Waals surface area contributed by atoms with Crippen LogP contribution in [0.3, 0.4) is 0 Å². The average molecular weight is 346 g/mol. The molecular formula is C15H26N2O5S. The lowest BCUT2D eigenvalue weighted by atomic mass is 9.97. The van der Waals surface area contributed by atoms with Gasteiger partial charge in [0, 0.05) is 25.2 Å². The largest absolute Gasteiger partial charge is 0.466 e. The summed E-state index contributed by atoms with van der Waals surface area (Å²) in [6, 6.07) is 1.72. The molecule has 23 heavy (non-hydrogen) atoms. The Bertz CT molecular complexity index is 643. The third-order valence-corrected chi connectivity index (χ3v) is 5.43. The van der Waals surface area contributed by atoms with E-state index in [1.54, 1.807) is 26.8 Å². The molecule has 2 rings (SSSR count). The summed E-state index contributed by atoms with van der Waals surface area (Å²) in [4.78, 5) is 0. The van der Waals surface area contributed by atoms with E-state index in [2.05, 4.69) is 4.72 Å². The number of hydrogen-bond donors (Lipinski definition) is 2. The van der Waals surface area contributed by atoms with Crippen LogP contribution in [0, 0.1) is 13.8 Å². The van der Waals surface area contributed by atoms with E-state index >= 15 is 0 Å². The zero-order chi connectivity index (χ0) is 17.4. The van der Waals surface area contributed by atoms with E-state index in [-0.39, 0.29) is 18.8 Å². The Kier molecular flexibility index (Phi) is 5.22. The minimum absolute atomic E-state index is 0.130. The molecule has 0 aliphatic carbocycles. The van der Waals surface area contributed by atoms with Gasteiger partial charge in [-0.05, 0) is 40.7 Å². The van der Waals surface area contributed by atoms with E-state index in [0.29, 0.717) is 30.2 Å². The maximum absolute atomic E-state index is 12.5. The van der Waals surface area contributed by atoms with Crippen molar-refractivity contribution in [3.05, 3.63) is 23.2 Å². The SMILES string of the molecule is Cc1cc([C@](C)(O)CNS(=O)(=O)N2C[C@@H](C)O[C@H](C)C2)c(C)o1. The summed E-state index contributed by atoms with van der Waals surface area (Å²) in [6.07, 6.45) is -0.316. The Morgan fingerprint density at radius 3 is 2.39 bits per heavy atom. The number of aryl methyl sites for hydroxylation is 2. The molecule has 1 aliphatic rings. The van der Waals surface area contributed by atoms with Gasteiger partial charge < -0.3 is 14.3 Å². The first-order valence-corrected chi connectivity index (χ1v) is 9.15. The van der Waals surface area contributed by atoms with Crippen LogP contribution in [-0.4, -0.2) is 49.7 Å². The van der Waals surface area contributed by atoms with Crippen LogP contribution in [0.15, 0.2) is 10.5 Å². The molecular weight excluding hydrogens is 320 g/mol. The molecule has 2 N–H and O–H groups in total. The van der Waals surface area contributed by atoms with Gasteiger partial charge >= 0.3 is 0 Å². The van der Waals surface area contributed by atoms with E-state index in [9.17, 15) is 13.5 Å². The molecule has 0 radical (unpaired) electrons. The van der Waals surface area contributed by atoms with Gasteiger partial charge in [0.1, 0.15) is 17.1 Å². The first-order valence-electron chi connectivity index (χ1n) is 7.71. The van der Waals surface area contributed by atoms with E-state index in [0.717, 1.165) is 0 Å². The van der Waals surface area contributed by atoms with Crippen LogP contribution in [0.25, 0.3) is 0 Å². The fourth-order valence-corrected chi connectivity index (χ4v) is 4.37. The predicted octanol–water partition coefficient (Wildman–Crippen LogP) is 1.05. The Morgan fingerprint density at radius 2 is 1.91 bits per heavy atom. The Morgan fingerprint density at radius 1 is 1.35 bits per heavy atom. The van der Waals surface area contributed by atoms with E-state index in [4.69, 9.17) is 9.15 Å². The molecule has 7 nitrogen and oxygen atoms in total. The third-order valence-electron chi connectivity index (χ3n) is 3.95. The van der Waals surface area contributed by atoms with E-state index < -0.39 is 15.8 Å². The van der Waals surface area contributed by atoms with Crippen molar-refractivity contribution in [2.45, 2.75) is 52.4 Å². The molecule has 1 aliphatic heterocycles. The number of aliphatic hydroxyl groups is 1. The summed E-state index contributed by atoms with van der Waals surface area (Å²) in [7, 11) is -3.68. The van der Waals surface area contributed by atoms with Crippen molar-refractivity contribution in [2.75, 3.05) is 19.6 Å². The number of hydrogen-bond acceptors (Lipinski definition) is 5. The normalized spacial score (nSPS) is 26.2. The zero-order valence-corrected chi connectivity index (χ0v) is 15.1. The summed E-state index contributed by atoms with van der Waals surface area (Å²) >= 11 is 0. The van der Waals surface area contributed by atoms with Crippen molar-refractivity contribution in [1.29, 1.82) is 0 Å². The molecule has 0 saturated carbocycles. The van der Waals surface area contributed by atoms with Gasteiger partial charge in [0.25, 0.3) is 10.2 Å². The van der Waals surface area contributed by atoms with Crippen molar-refractivity contribution >= 4 is 10.2 Å². The van der Waals surface area contributed by atoms with Crippen LogP contribution >= 0.6 is 0 Å². The fourth-order valence-electron chi connectivity index (χ4n) is 2.91. The van der Waals surface area contributed by atoms with Gasteiger partial charge in [0.2, 0.25) is 0 Å². The molecule has 2 heterocycles. The number of rotatable bonds is 5. The molecule has 0 spiro atoms. The minimum atomic E-state index is -3.68. The molecule has 132 valence electrons. The third kappa shape index (κ3) is 4.33. The molecule has 0 bridgehead atoms. The highest BCUT2D eigenvalue weighted by Crippen LogP contribution is 2.26. The monoisotopic (exact) mass is 346 g/mol. The average Bonchev–Trinajstić information content (AvgIpc) is 2.75. The van der Waals surface area contributed by atoms with Crippen LogP contribution in [-0.2, 0) is 20.5 Å². The highest BCUT2D eigenvalue weighted by molar-refractivity contribution is 7.87. The molecule has 3 atom stereocenters. The van der Waals surface area contributed by atoms with Gasteiger partial charge in [-0.3, -0.25) is 0 Å². The van der Waals surface area contributed by atoms with Crippen molar-refractivity contribution in [3.63, 3.8) is 0 Å². The number of nitrogens with one attached hydrogen (secondary N) is 1. The van der Waals surface area contributed by atoms with Crippen LogP contribution in [0.4, 0.5) is 0 Å². The summed E-state index contributed by atoms with van der Waals surface area (Å²) in [5.41, 5.74) is -0.764. The number of furan rings is 1. The summed E-state index contributed by atoms with van der Waals surface area (Å²) < 4.78 is 39.8. The lowest BCUT2D eigenvalue weighted by Crippen LogP contribution is -2.53. The standard InChI is InChI=1S/C15H26N2O5S/c1-10-6-14(13(4)22-10)15(5,18)9-16-23(19,20)17-7-11(2)21-12(3)8-17/h6,11-12,16,18H,7-9H2,1-5H3/t11-,12-,15-/m1/s1. The van der Waals surface area contributed by atoms with Crippen molar-refractivity contribution in [1.82, 2.24) is 9.03 Å². The van der Waals surface area contributed by atoms with Crippen molar-refractivity contribution in [3.8, 4) is 0 Å². The molecule has 0 unspecified atom stereocenters. The molecule has 8 heteroatoms. The van der Waals surface area contributed by atoms with E-state index in [1.165, 1.54) is 4.31 Å². The van der Waals surface area contributed by atoms with Gasteiger partial charge in [0.05, 0.1) is 12.2 Å². The van der Waals surface area contributed by atoms with Gasteiger partial charge in [-0.25, -0.2) is 0 Å². The highest BCUT2D eigenvalue weighted by atomic mass is 32.2. The topological polar surface area (TPSA) is 92.0 Å².